The first-order valence-corrected chi connectivity index (χ1v) is 15.9. The molecule has 2 heterocycles. The first kappa shape index (κ1) is 29.3. The predicted molar refractivity (Wildman–Crippen MR) is 159 cm³/mol. The van der Waals surface area contributed by atoms with E-state index in [1.54, 1.807) is 24.0 Å². The number of halogens is 1. The van der Waals surface area contributed by atoms with Gasteiger partial charge in [0.05, 0.1) is 22.8 Å². The number of hydrogen-bond acceptors (Lipinski definition) is 7. The highest BCUT2D eigenvalue weighted by molar-refractivity contribution is 7.89. The molecule has 1 saturated heterocycles. The van der Waals surface area contributed by atoms with Crippen LogP contribution in [0.2, 0.25) is 0 Å². The second kappa shape index (κ2) is 13.2. The van der Waals surface area contributed by atoms with E-state index in [-0.39, 0.29) is 22.9 Å². The van der Waals surface area contributed by atoms with Crippen molar-refractivity contribution >= 4 is 42.6 Å². The van der Waals surface area contributed by atoms with Gasteiger partial charge in [0, 0.05) is 44.8 Å². The summed E-state index contributed by atoms with van der Waals surface area (Å²) in [6, 6.07) is 20.2. The maximum Gasteiger partial charge on any atom is 0.260 e. The van der Waals surface area contributed by atoms with E-state index >= 15 is 0 Å². The Bertz CT molecular complexity index is 1570. The Morgan fingerprint density at radius 2 is 1.76 bits per heavy atom. The Balaban J connectivity index is 1.37. The quantitative estimate of drug-likeness (QED) is 0.242. The Morgan fingerprint density at radius 1 is 1.02 bits per heavy atom. The molecule has 0 N–H and O–H groups in total. The largest absolute Gasteiger partial charge is 0.379 e. The number of hydrogen-bond donors (Lipinski definition) is 0. The SMILES string of the molecule is CCN(Cc1ccccc1)S(=O)(=O)c1ccc(C(=O)N(CCCN2CCOCC2)c2nc3c(F)cccc3s2)cc1. The van der Waals surface area contributed by atoms with E-state index in [4.69, 9.17) is 4.74 Å². The molecule has 4 aromatic rings. The number of thiazole rings is 1. The molecule has 0 radical (unpaired) electrons. The van der Waals surface area contributed by atoms with Crippen LogP contribution in [0.4, 0.5) is 9.52 Å². The Labute approximate surface area is 244 Å². The zero-order valence-corrected chi connectivity index (χ0v) is 24.5. The average Bonchev–Trinajstić information content (AvgIpc) is 3.44. The molecular formula is C30H33FN4O4S2. The van der Waals surface area contributed by atoms with Gasteiger partial charge in [0.1, 0.15) is 11.3 Å². The summed E-state index contributed by atoms with van der Waals surface area (Å²) in [5.74, 6) is -0.747. The lowest BCUT2D eigenvalue weighted by Gasteiger charge is -2.27. The van der Waals surface area contributed by atoms with Crippen molar-refractivity contribution in [2.75, 3.05) is 50.8 Å². The molecule has 41 heavy (non-hydrogen) atoms. The molecule has 1 aliphatic rings. The number of carbonyl (C=O) groups is 1. The van der Waals surface area contributed by atoms with Crippen molar-refractivity contribution in [1.29, 1.82) is 0 Å². The van der Waals surface area contributed by atoms with Gasteiger partial charge in [0.2, 0.25) is 10.0 Å². The molecule has 1 fully saturated rings. The highest BCUT2D eigenvalue weighted by Crippen LogP contribution is 2.31. The standard InChI is InChI=1S/C30H33FN4O4S2/c1-2-34(22-23-8-4-3-5-9-23)41(37,38)25-14-12-24(13-15-25)29(36)35(17-7-16-33-18-20-39-21-19-33)30-32-28-26(31)10-6-11-27(28)40-30/h3-6,8-15H,2,7,16-22H2,1H3. The summed E-state index contributed by atoms with van der Waals surface area (Å²) >= 11 is 1.26. The number of nitrogens with zero attached hydrogens (tertiary/aromatic N) is 4. The molecule has 0 saturated carbocycles. The minimum atomic E-state index is -3.77. The molecule has 216 valence electrons. The molecule has 0 spiro atoms. The van der Waals surface area contributed by atoms with Gasteiger partial charge in [-0.1, -0.05) is 54.7 Å². The molecule has 0 unspecified atom stereocenters. The monoisotopic (exact) mass is 596 g/mol. The molecule has 1 aromatic heterocycles. The lowest BCUT2D eigenvalue weighted by Crippen LogP contribution is -2.39. The van der Waals surface area contributed by atoms with Crippen LogP contribution in [0.3, 0.4) is 0 Å². The fourth-order valence-corrected chi connectivity index (χ4v) is 7.25. The minimum absolute atomic E-state index is 0.118. The average molecular weight is 597 g/mol. The first-order chi connectivity index (χ1) is 19.9. The van der Waals surface area contributed by atoms with Gasteiger partial charge in [-0.25, -0.2) is 17.8 Å². The van der Waals surface area contributed by atoms with Crippen LogP contribution in [0.1, 0.15) is 29.3 Å². The summed E-state index contributed by atoms with van der Waals surface area (Å²) in [6.45, 7) is 6.61. The van der Waals surface area contributed by atoms with E-state index in [1.807, 2.05) is 30.3 Å². The predicted octanol–water partition coefficient (Wildman–Crippen LogP) is 5.02. The number of carbonyl (C=O) groups excluding carboxylic acids is 1. The van der Waals surface area contributed by atoms with Gasteiger partial charge in [-0.15, -0.1) is 0 Å². The Hall–Kier alpha value is -3.22. The van der Waals surface area contributed by atoms with E-state index < -0.39 is 15.8 Å². The van der Waals surface area contributed by atoms with Crippen molar-refractivity contribution in [1.82, 2.24) is 14.2 Å². The van der Waals surface area contributed by atoms with Gasteiger partial charge in [-0.05, 0) is 48.4 Å². The number of para-hydroxylation sites is 1. The normalized spacial score (nSPS) is 14.5. The van der Waals surface area contributed by atoms with Gasteiger partial charge in [0.25, 0.3) is 5.91 Å². The molecule has 1 amide bonds. The van der Waals surface area contributed by atoms with Gasteiger partial charge in [-0.2, -0.15) is 4.31 Å². The summed E-state index contributed by atoms with van der Waals surface area (Å²) in [7, 11) is -3.77. The zero-order valence-electron chi connectivity index (χ0n) is 22.9. The van der Waals surface area contributed by atoms with Crippen molar-refractivity contribution in [3.63, 3.8) is 0 Å². The van der Waals surface area contributed by atoms with Gasteiger partial charge < -0.3 is 4.74 Å². The molecular weight excluding hydrogens is 563 g/mol. The third-order valence-electron chi connectivity index (χ3n) is 7.09. The number of anilines is 1. The van der Waals surface area contributed by atoms with Crippen molar-refractivity contribution < 1.29 is 22.3 Å². The molecule has 0 atom stereocenters. The molecule has 5 rings (SSSR count). The van der Waals surface area contributed by atoms with Crippen LogP contribution in [-0.2, 0) is 21.3 Å². The van der Waals surface area contributed by atoms with Crippen molar-refractivity contribution in [2.24, 2.45) is 0 Å². The van der Waals surface area contributed by atoms with E-state index in [0.29, 0.717) is 48.1 Å². The number of morpholine rings is 1. The molecule has 3 aromatic carbocycles. The summed E-state index contributed by atoms with van der Waals surface area (Å²) in [4.78, 5) is 22.2. The fourth-order valence-electron chi connectivity index (χ4n) is 4.81. The maximum absolute atomic E-state index is 14.4. The summed E-state index contributed by atoms with van der Waals surface area (Å²) in [5, 5.41) is 0.411. The second-order valence-electron chi connectivity index (χ2n) is 9.79. The molecule has 0 aliphatic carbocycles. The van der Waals surface area contributed by atoms with Crippen molar-refractivity contribution in [3.05, 3.63) is 89.7 Å². The Kier molecular flexibility index (Phi) is 9.41. The zero-order chi connectivity index (χ0) is 28.8. The van der Waals surface area contributed by atoms with Crippen LogP contribution in [0.25, 0.3) is 10.2 Å². The summed E-state index contributed by atoms with van der Waals surface area (Å²) in [5.41, 5.74) is 1.46. The lowest BCUT2D eigenvalue weighted by molar-refractivity contribution is 0.0376. The third-order valence-corrected chi connectivity index (χ3v) is 10.1. The third kappa shape index (κ3) is 6.82. The molecule has 11 heteroatoms. The van der Waals surface area contributed by atoms with E-state index in [0.717, 1.165) is 25.2 Å². The van der Waals surface area contributed by atoms with Gasteiger partial charge in [0.15, 0.2) is 5.13 Å². The fraction of sp³-hybridized carbons (Fsp3) is 0.333. The van der Waals surface area contributed by atoms with Crippen molar-refractivity contribution in [2.45, 2.75) is 24.8 Å². The van der Waals surface area contributed by atoms with Crippen LogP contribution in [0.5, 0.6) is 0 Å². The minimum Gasteiger partial charge on any atom is -0.379 e. The van der Waals surface area contributed by atoms with E-state index in [9.17, 15) is 17.6 Å². The molecule has 8 nitrogen and oxygen atoms in total. The van der Waals surface area contributed by atoms with E-state index in [1.165, 1.54) is 46.0 Å². The lowest BCUT2D eigenvalue weighted by atomic mass is 10.2. The van der Waals surface area contributed by atoms with Crippen LogP contribution < -0.4 is 4.90 Å². The van der Waals surface area contributed by atoms with Crippen LogP contribution in [-0.4, -0.2) is 74.5 Å². The number of aromatic nitrogens is 1. The maximum atomic E-state index is 14.4. The van der Waals surface area contributed by atoms with Crippen molar-refractivity contribution in [3.8, 4) is 0 Å². The van der Waals surface area contributed by atoms with Crippen LogP contribution in [0.15, 0.2) is 77.7 Å². The number of amides is 1. The number of sulfonamides is 1. The Morgan fingerprint density at radius 3 is 2.44 bits per heavy atom. The van der Waals surface area contributed by atoms with Crippen LogP contribution in [0, 0.1) is 5.82 Å². The van der Waals surface area contributed by atoms with E-state index in [2.05, 4.69) is 9.88 Å². The van der Waals surface area contributed by atoms with Crippen LogP contribution >= 0.6 is 11.3 Å². The number of fused-ring (bicyclic) bond motifs is 1. The smallest absolute Gasteiger partial charge is 0.260 e. The second-order valence-corrected chi connectivity index (χ2v) is 12.7. The molecule has 0 bridgehead atoms. The molecule has 1 aliphatic heterocycles. The summed E-state index contributed by atoms with van der Waals surface area (Å²) in [6.07, 6.45) is 0.696. The van der Waals surface area contributed by atoms with Gasteiger partial charge >= 0.3 is 0 Å². The number of ether oxygens (including phenoxy) is 1. The topological polar surface area (TPSA) is 83.1 Å². The highest BCUT2D eigenvalue weighted by Gasteiger charge is 2.26. The summed E-state index contributed by atoms with van der Waals surface area (Å²) < 4.78 is 48.7. The number of benzene rings is 3. The first-order valence-electron chi connectivity index (χ1n) is 13.7. The highest BCUT2D eigenvalue weighted by atomic mass is 32.2. The number of rotatable bonds is 11. The van der Waals surface area contributed by atoms with Gasteiger partial charge in [-0.3, -0.25) is 14.6 Å².